The highest BCUT2D eigenvalue weighted by molar-refractivity contribution is 5.96. The van der Waals surface area contributed by atoms with Crippen LogP contribution in [0.25, 0.3) is 0 Å². The molecule has 1 fully saturated rings. The van der Waals surface area contributed by atoms with E-state index < -0.39 is 0 Å². The number of para-hydroxylation sites is 1. The van der Waals surface area contributed by atoms with Crippen molar-refractivity contribution in [1.29, 1.82) is 0 Å². The Bertz CT molecular complexity index is 1070. The van der Waals surface area contributed by atoms with Crippen LogP contribution in [0.3, 0.4) is 0 Å². The monoisotopic (exact) mass is 431 g/mol. The average Bonchev–Trinajstić information content (AvgIpc) is 3.07. The summed E-state index contributed by atoms with van der Waals surface area (Å²) in [6.45, 7) is 7.36. The van der Waals surface area contributed by atoms with E-state index >= 15 is 0 Å². The van der Waals surface area contributed by atoms with Gasteiger partial charge in [-0.05, 0) is 31.5 Å². The van der Waals surface area contributed by atoms with Gasteiger partial charge in [-0.1, -0.05) is 48.5 Å². The van der Waals surface area contributed by atoms with E-state index in [1.807, 2.05) is 72.0 Å². The molecule has 7 heteroatoms. The Morgan fingerprint density at radius 2 is 1.53 bits per heavy atom. The van der Waals surface area contributed by atoms with Crippen LogP contribution in [0.1, 0.15) is 27.3 Å². The van der Waals surface area contributed by atoms with Gasteiger partial charge in [0.25, 0.3) is 5.91 Å². The lowest BCUT2D eigenvalue weighted by Gasteiger charge is -2.34. The molecule has 1 saturated heterocycles. The fourth-order valence-corrected chi connectivity index (χ4v) is 4.11. The summed E-state index contributed by atoms with van der Waals surface area (Å²) in [6.07, 6.45) is 0. The van der Waals surface area contributed by atoms with Gasteiger partial charge in [0, 0.05) is 37.6 Å². The Hall–Kier alpha value is -3.45. The maximum absolute atomic E-state index is 13.3. The average molecular weight is 432 g/mol. The summed E-state index contributed by atoms with van der Waals surface area (Å²) in [4.78, 5) is 29.5. The summed E-state index contributed by atoms with van der Waals surface area (Å²) < 4.78 is 1.90. The lowest BCUT2D eigenvalue weighted by atomic mass is 10.1. The van der Waals surface area contributed by atoms with Crippen LogP contribution >= 0.6 is 0 Å². The van der Waals surface area contributed by atoms with Crippen molar-refractivity contribution in [2.75, 3.05) is 38.0 Å². The van der Waals surface area contributed by atoms with Gasteiger partial charge in [0.15, 0.2) is 0 Å². The number of anilines is 1. The third kappa shape index (κ3) is 5.06. The quantitative estimate of drug-likeness (QED) is 0.652. The number of carbonyl (C=O) groups is 2. The fourth-order valence-electron chi connectivity index (χ4n) is 4.11. The maximum atomic E-state index is 13.3. The minimum Gasteiger partial charge on any atom is -0.336 e. The van der Waals surface area contributed by atoms with Crippen LogP contribution in [-0.2, 0) is 11.3 Å². The number of benzene rings is 2. The predicted molar refractivity (Wildman–Crippen MR) is 125 cm³/mol. The molecule has 1 aliphatic heterocycles. The number of nitrogens with one attached hydrogen (secondary N) is 1. The highest BCUT2D eigenvalue weighted by Gasteiger charge is 2.27. The molecule has 7 nitrogen and oxygen atoms in total. The zero-order valence-corrected chi connectivity index (χ0v) is 18.6. The second-order valence-corrected chi connectivity index (χ2v) is 8.17. The van der Waals surface area contributed by atoms with Crippen LogP contribution in [0.15, 0.2) is 60.7 Å². The van der Waals surface area contributed by atoms with Gasteiger partial charge in [-0.2, -0.15) is 5.10 Å². The van der Waals surface area contributed by atoms with Crippen molar-refractivity contribution in [2.45, 2.75) is 20.4 Å². The topological polar surface area (TPSA) is 70.5 Å². The SMILES string of the molecule is Cc1nn(Cc2ccccc2)c(C)c1C(=O)N1CCN(CC(=O)Nc2ccccc2)CC1. The van der Waals surface area contributed by atoms with Crippen molar-refractivity contribution in [3.05, 3.63) is 83.2 Å². The predicted octanol–water partition coefficient (Wildman–Crippen LogP) is 2.94. The Morgan fingerprint density at radius 3 is 2.19 bits per heavy atom. The number of hydrogen-bond acceptors (Lipinski definition) is 4. The number of piperazine rings is 1. The molecule has 166 valence electrons. The first-order valence-electron chi connectivity index (χ1n) is 11.0. The lowest BCUT2D eigenvalue weighted by Crippen LogP contribution is -2.50. The molecule has 2 aromatic carbocycles. The Morgan fingerprint density at radius 1 is 0.906 bits per heavy atom. The molecule has 1 aromatic heterocycles. The summed E-state index contributed by atoms with van der Waals surface area (Å²) in [5, 5.41) is 7.54. The summed E-state index contributed by atoms with van der Waals surface area (Å²) in [6, 6.07) is 19.6. The van der Waals surface area contributed by atoms with E-state index in [0.717, 1.165) is 22.6 Å². The Labute approximate surface area is 188 Å². The van der Waals surface area contributed by atoms with Crippen molar-refractivity contribution in [2.24, 2.45) is 0 Å². The molecule has 0 saturated carbocycles. The first kappa shape index (κ1) is 21.8. The van der Waals surface area contributed by atoms with Gasteiger partial charge in [0.2, 0.25) is 5.91 Å². The summed E-state index contributed by atoms with van der Waals surface area (Å²) in [5.74, 6) is -0.0162. The molecule has 2 heterocycles. The van der Waals surface area contributed by atoms with E-state index in [2.05, 4.69) is 27.4 Å². The van der Waals surface area contributed by atoms with Crippen LogP contribution in [-0.4, -0.2) is 64.1 Å². The number of rotatable bonds is 6. The van der Waals surface area contributed by atoms with Crippen molar-refractivity contribution in [3.63, 3.8) is 0 Å². The number of aryl methyl sites for hydroxylation is 1. The normalized spacial score (nSPS) is 14.4. The van der Waals surface area contributed by atoms with Gasteiger partial charge in [-0.3, -0.25) is 19.2 Å². The van der Waals surface area contributed by atoms with E-state index in [9.17, 15) is 9.59 Å². The number of aromatic nitrogens is 2. The Balaban J connectivity index is 1.34. The molecule has 0 aliphatic carbocycles. The van der Waals surface area contributed by atoms with E-state index in [1.54, 1.807) is 0 Å². The first-order valence-corrected chi connectivity index (χ1v) is 11.0. The van der Waals surface area contributed by atoms with Gasteiger partial charge in [0.05, 0.1) is 24.3 Å². The molecule has 0 spiro atoms. The second kappa shape index (κ2) is 9.78. The van der Waals surface area contributed by atoms with Gasteiger partial charge >= 0.3 is 0 Å². The number of amides is 2. The molecule has 4 rings (SSSR count). The lowest BCUT2D eigenvalue weighted by molar-refractivity contribution is -0.117. The van der Waals surface area contributed by atoms with E-state index in [1.165, 1.54) is 0 Å². The van der Waals surface area contributed by atoms with E-state index in [4.69, 9.17) is 0 Å². The summed E-state index contributed by atoms with van der Waals surface area (Å²) >= 11 is 0. The fraction of sp³-hybridized carbons (Fsp3) is 0.320. The minimum atomic E-state index is -0.0372. The number of hydrogen-bond donors (Lipinski definition) is 1. The van der Waals surface area contributed by atoms with Crippen molar-refractivity contribution >= 4 is 17.5 Å². The van der Waals surface area contributed by atoms with Gasteiger partial charge in [-0.25, -0.2) is 0 Å². The van der Waals surface area contributed by atoms with Crippen LogP contribution in [0.4, 0.5) is 5.69 Å². The van der Waals surface area contributed by atoms with E-state index in [-0.39, 0.29) is 11.8 Å². The molecule has 32 heavy (non-hydrogen) atoms. The smallest absolute Gasteiger partial charge is 0.257 e. The summed E-state index contributed by atoms with van der Waals surface area (Å²) in [5.41, 5.74) is 4.29. The molecule has 1 N–H and O–H groups in total. The highest BCUT2D eigenvalue weighted by atomic mass is 16.2. The molecular weight excluding hydrogens is 402 g/mol. The molecule has 0 unspecified atom stereocenters. The molecule has 0 atom stereocenters. The summed E-state index contributed by atoms with van der Waals surface area (Å²) in [7, 11) is 0. The minimum absolute atomic E-state index is 0.0210. The highest BCUT2D eigenvalue weighted by Crippen LogP contribution is 2.18. The maximum Gasteiger partial charge on any atom is 0.257 e. The zero-order chi connectivity index (χ0) is 22.5. The van der Waals surface area contributed by atoms with Crippen molar-refractivity contribution in [3.8, 4) is 0 Å². The second-order valence-electron chi connectivity index (χ2n) is 8.17. The Kier molecular flexibility index (Phi) is 6.66. The molecule has 1 aliphatic rings. The van der Waals surface area contributed by atoms with Gasteiger partial charge in [-0.15, -0.1) is 0 Å². The molecule has 2 amide bonds. The number of nitrogens with zero attached hydrogens (tertiary/aromatic N) is 4. The number of carbonyl (C=O) groups excluding carboxylic acids is 2. The first-order chi connectivity index (χ1) is 15.5. The largest absolute Gasteiger partial charge is 0.336 e. The molecular formula is C25H29N5O2. The van der Waals surface area contributed by atoms with Gasteiger partial charge in [0.1, 0.15) is 0 Å². The van der Waals surface area contributed by atoms with Crippen LogP contribution in [0.5, 0.6) is 0 Å². The standard InChI is InChI=1S/C25H29N5O2/c1-19-24(20(2)30(27-19)17-21-9-5-3-6-10-21)25(32)29-15-13-28(14-16-29)18-23(31)26-22-11-7-4-8-12-22/h3-12H,13-18H2,1-2H3,(H,26,31). The van der Waals surface area contributed by atoms with Gasteiger partial charge < -0.3 is 10.2 Å². The van der Waals surface area contributed by atoms with Crippen molar-refractivity contribution < 1.29 is 9.59 Å². The van der Waals surface area contributed by atoms with Crippen molar-refractivity contribution in [1.82, 2.24) is 19.6 Å². The molecule has 0 bridgehead atoms. The third-order valence-electron chi connectivity index (χ3n) is 5.85. The molecule has 3 aromatic rings. The third-order valence-corrected chi connectivity index (χ3v) is 5.85. The van der Waals surface area contributed by atoms with Crippen LogP contribution in [0.2, 0.25) is 0 Å². The van der Waals surface area contributed by atoms with Crippen LogP contribution < -0.4 is 5.32 Å². The zero-order valence-electron chi connectivity index (χ0n) is 18.6. The van der Waals surface area contributed by atoms with E-state index in [0.29, 0.717) is 44.8 Å². The van der Waals surface area contributed by atoms with Crippen LogP contribution in [0, 0.1) is 13.8 Å². The molecule has 0 radical (unpaired) electrons.